The second-order valence-electron chi connectivity index (χ2n) is 4.30. The molecule has 0 bridgehead atoms. The highest BCUT2D eigenvalue weighted by molar-refractivity contribution is 9.10. The van der Waals surface area contributed by atoms with Crippen LogP contribution in [0.4, 0.5) is 5.69 Å². The zero-order valence-electron chi connectivity index (χ0n) is 11.0. The van der Waals surface area contributed by atoms with E-state index in [-0.39, 0.29) is 11.4 Å². The van der Waals surface area contributed by atoms with Crippen LogP contribution in [0.25, 0.3) is 0 Å². The minimum atomic E-state index is -3.61. The Morgan fingerprint density at radius 3 is 2.70 bits per heavy atom. The third-order valence-electron chi connectivity index (χ3n) is 2.92. The zero-order chi connectivity index (χ0) is 14.9. The highest BCUT2D eigenvalue weighted by atomic mass is 79.9. The van der Waals surface area contributed by atoms with Crippen molar-refractivity contribution in [1.29, 1.82) is 0 Å². The van der Waals surface area contributed by atoms with Gasteiger partial charge in [-0.05, 0) is 31.5 Å². The number of anilines is 1. The number of thiazole rings is 1. The molecule has 2 aromatic rings. The number of sulfonamides is 1. The molecule has 1 aromatic heterocycles. The average Bonchev–Trinajstić information content (AvgIpc) is 2.77. The summed E-state index contributed by atoms with van der Waals surface area (Å²) in [6.45, 7) is 3.77. The fourth-order valence-corrected chi connectivity index (χ4v) is 4.42. The number of nitrogens with zero attached hydrogens (tertiary/aromatic N) is 1. The summed E-state index contributed by atoms with van der Waals surface area (Å²) in [6, 6.07) is 3.23. The van der Waals surface area contributed by atoms with Crippen LogP contribution in [0.3, 0.4) is 0 Å². The van der Waals surface area contributed by atoms with E-state index in [0.717, 1.165) is 10.6 Å². The van der Waals surface area contributed by atoms with Gasteiger partial charge in [-0.3, -0.25) is 0 Å². The molecule has 0 aliphatic heterocycles. The summed E-state index contributed by atoms with van der Waals surface area (Å²) >= 11 is 4.68. The maximum absolute atomic E-state index is 12.4. The Balaban J connectivity index is 2.29. The zero-order valence-corrected chi connectivity index (χ0v) is 14.2. The average molecular weight is 376 g/mol. The Morgan fingerprint density at radius 2 is 2.10 bits per heavy atom. The highest BCUT2D eigenvalue weighted by Crippen LogP contribution is 2.26. The van der Waals surface area contributed by atoms with E-state index in [1.165, 1.54) is 11.3 Å². The molecule has 0 radical (unpaired) electrons. The van der Waals surface area contributed by atoms with Gasteiger partial charge >= 0.3 is 0 Å². The normalized spacial score (nSPS) is 11.8. The summed E-state index contributed by atoms with van der Waals surface area (Å²) < 4.78 is 27.9. The number of nitrogen functional groups attached to an aromatic ring is 1. The van der Waals surface area contributed by atoms with Crippen LogP contribution in [0.15, 0.2) is 27.0 Å². The molecule has 20 heavy (non-hydrogen) atoms. The van der Waals surface area contributed by atoms with E-state index in [9.17, 15) is 8.42 Å². The van der Waals surface area contributed by atoms with E-state index in [2.05, 4.69) is 25.6 Å². The number of hydrogen-bond acceptors (Lipinski definition) is 5. The predicted molar refractivity (Wildman–Crippen MR) is 84.2 cm³/mol. The SMILES string of the molecule is Cc1ncsc1CNS(=O)(=O)c1cc(Br)cc(N)c1C. The molecular formula is C12H14BrN3O2S2. The predicted octanol–water partition coefficient (Wildman–Crippen LogP) is 2.58. The number of rotatable bonds is 4. The van der Waals surface area contributed by atoms with Gasteiger partial charge in [-0.1, -0.05) is 15.9 Å². The molecule has 2 rings (SSSR count). The van der Waals surface area contributed by atoms with Gasteiger partial charge in [0.1, 0.15) is 0 Å². The first-order valence-corrected chi connectivity index (χ1v) is 8.91. The Kier molecular flexibility index (Phi) is 4.48. The number of halogens is 1. The number of hydrogen-bond donors (Lipinski definition) is 2. The van der Waals surface area contributed by atoms with Crippen molar-refractivity contribution in [3.8, 4) is 0 Å². The minimum Gasteiger partial charge on any atom is -0.398 e. The van der Waals surface area contributed by atoms with Gasteiger partial charge in [0.05, 0.1) is 16.1 Å². The lowest BCUT2D eigenvalue weighted by molar-refractivity contribution is 0.581. The second kappa shape index (κ2) is 5.80. The van der Waals surface area contributed by atoms with Crippen molar-refractivity contribution in [3.63, 3.8) is 0 Å². The molecule has 3 N–H and O–H groups in total. The summed E-state index contributed by atoms with van der Waals surface area (Å²) in [7, 11) is -3.61. The highest BCUT2D eigenvalue weighted by Gasteiger charge is 2.19. The van der Waals surface area contributed by atoms with Crippen LogP contribution in [-0.2, 0) is 16.6 Å². The van der Waals surface area contributed by atoms with Crippen molar-refractivity contribution < 1.29 is 8.42 Å². The van der Waals surface area contributed by atoms with Crippen molar-refractivity contribution in [1.82, 2.24) is 9.71 Å². The standard InChI is InChI=1S/C12H14BrN3O2S2/c1-7-10(14)3-9(13)4-12(7)20(17,18)16-5-11-8(2)15-6-19-11/h3-4,6,16H,5,14H2,1-2H3. The first-order valence-electron chi connectivity index (χ1n) is 5.75. The molecule has 0 unspecified atom stereocenters. The Morgan fingerprint density at radius 1 is 1.40 bits per heavy atom. The topological polar surface area (TPSA) is 85.1 Å². The van der Waals surface area contributed by atoms with Crippen molar-refractivity contribution in [3.05, 3.63) is 38.3 Å². The largest absolute Gasteiger partial charge is 0.398 e. The monoisotopic (exact) mass is 375 g/mol. The van der Waals surface area contributed by atoms with Crippen molar-refractivity contribution in [2.45, 2.75) is 25.3 Å². The van der Waals surface area contributed by atoms with Crippen molar-refractivity contribution in [2.24, 2.45) is 0 Å². The van der Waals surface area contributed by atoms with Crippen LogP contribution in [0.5, 0.6) is 0 Å². The second-order valence-corrected chi connectivity index (χ2v) is 7.89. The minimum absolute atomic E-state index is 0.187. The van der Waals surface area contributed by atoms with Gasteiger partial charge in [0, 0.05) is 21.6 Å². The summed E-state index contributed by atoms with van der Waals surface area (Å²) in [6.07, 6.45) is 0. The third-order valence-corrected chi connectivity index (χ3v) is 5.84. The fraction of sp³-hybridized carbons (Fsp3) is 0.250. The Labute approximate surface area is 130 Å². The number of aromatic nitrogens is 1. The quantitative estimate of drug-likeness (QED) is 0.804. The van der Waals surface area contributed by atoms with Crippen LogP contribution in [0.1, 0.15) is 16.1 Å². The van der Waals surface area contributed by atoms with Gasteiger partial charge in [0.25, 0.3) is 0 Å². The first kappa shape index (κ1) is 15.4. The first-order chi connectivity index (χ1) is 9.31. The molecule has 8 heteroatoms. The van der Waals surface area contributed by atoms with Gasteiger partial charge in [0.2, 0.25) is 10.0 Å². The molecule has 0 aliphatic rings. The molecule has 0 aliphatic carbocycles. The lowest BCUT2D eigenvalue weighted by Crippen LogP contribution is -2.24. The van der Waals surface area contributed by atoms with E-state index < -0.39 is 10.0 Å². The van der Waals surface area contributed by atoms with Gasteiger partial charge < -0.3 is 5.73 Å². The van der Waals surface area contributed by atoms with Crippen LogP contribution < -0.4 is 10.5 Å². The van der Waals surface area contributed by atoms with E-state index >= 15 is 0 Å². The van der Waals surface area contributed by atoms with Gasteiger partial charge in [-0.15, -0.1) is 11.3 Å². The van der Waals surface area contributed by atoms with Crippen molar-refractivity contribution in [2.75, 3.05) is 5.73 Å². The molecule has 0 amide bonds. The molecule has 0 saturated heterocycles. The number of nitrogens with two attached hydrogens (primary N) is 1. The molecule has 0 fully saturated rings. The van der Waals surface area contributed by atoms with E-state index in [4.69, 9.17) is 5.73 Å². The van der Waals surface area contributed by atoms with E-state index in [1.54, 1.807) is 24.6 Å². The summed E-state index contributed by atoms with van der Waals surface area (Å²) in [4.78, 5) is 5.18. The number of benzene rings is 1. The lowest BCUT2D eigenvalue weighted by Gasteiger charge is -2.11. The number of nitrogens with one attached hydrogen (secondary N) is 1. The maximum Gasteiger partial charge on any atom is 0.241 e. The molecule has 0 atom stereocenters. The van der Waals surface area contributed by atoms with E-state index in [1.807, 2.05) is 6.92 Å². The molecule has 5 nitrogen and oxygen atoms in total. The van der Waals surface area contributed by atoms with Crippen LogP contribution in [0.2, 0.25) is 0 Å². The summed E-state index contributed by atoms with van der Waals surface area (Å²) in [5.74, 6) is 0. The van der Waals surface area contributed by atoms with Crippen LogP contribution >= 0.6 is 27.3 Å². The van der Waals surface area contributed by atoms with Crippen LogP contribution in [0, 0.1) is 13.8 Å². The van der Waals surface area contributed by atoms with Crippen molar-refractivity contribution >= 4 is 43.0 Å². The fourth-order valence-electron chi connectivity index (χ4n) is 1.69. The van der Waals surface area contributed by atoms with Gasteiger partial charge in [-0.25, -0.2) is 18.1 Å². The molecular weight excluding hydrogens is 362 g/mol. The van der Waals surface area contributed by atoms with E-state index in [0.29, 0.717) is 15.7 Å². The Hall–Kier alpha value is -0.960. The maximum atomic E-state index is 12.4. The van der Waals surface area contributed by atoms with Gasteiger partial charge in [-0.2, -0.15) is 0 Å². The molecule has 1 heterocycles. The third kappa shape index (κ3) is 3.20. The summed E-state index contributed by atoms with van der Waals surface area (Å²) in [5, 5.41) is 0. The summed E-state index contributed by atoms with van der Waals surface area (Å²) in [5.41, 5.74) is 9.32. The molecule has 1 aromatic carbocycles. The number of aryl methyl sites for hydroxylation is 1. The lowest BCUT2D eigenvalue weighted by atomic mass is 10.2. The van der Waals surface area contributed by atoms with Crippen LogP contribution in [-0.4, -0.2) is 13.4 Å². The van der Waals surface area contributed by atoms with Gasteiger partial charge in [0.15, 0.2) is 0 Å². The Bertz CT molecular complexity index is 741. The molecule has 0 saturated carbocycles. The smallest absolute Gasteiger partial charge is 0.241 e. The molecule has 0 spiro atoms. The molecule has 108 valence electrons.